The number of benzene rings is 4. The molecule has 0 amide bonds. The van der Waals surface area contributed by atoms with E-state index in [9.17, 15) is 0 Å². The van der Waals surface area contributed by atoms with Gasteiger partial charge in [0.15, 0.2) is 0 Å². The van der Waals surface area contributed by atoms with Crippen LogP contribution in [0.3, 0.4) is 0 Å². The van der Waals surface area contributed by atoms with E-state index >= 15 is 0 Å². The first-order chi connectivity index (χ1) is 60.2. The molecule has 0 heterocycles. The normalized spacial score (nSPS) is 34.4. The van der Waals surface area contributed by atoms with Crippen LogP contribution >= 0.6 is 0 Å². The van der Waals surface area contributed by atoms with Crippen molar-refractivity contribution in [3.05, 3.63) is 142 Å². The van der Waals surface area contributed by atoms with Crippen LogP contribution in [0.4, 0.5) is 0 Å². The Bertz CT molecular complexity index is 3110. The summed E-state index contributed by atoms with van der Waals surface area (Å²) in [6.45, 7) is 27.9. The summed E-state index contributed by atoms with van der Waals surface area (Å²) in [6, 6.07) is 37.8. The summed E-state index contributed by atoms with van der Waals surface area (Å²) in [5, 5.41) is 0. The van der Waals surface area contributed by atoms with Gasteiger partial charge in [0.2, 0.25) is 0 Å². The highest BCUT2D eigenvalue weighted by atomic mass is 14.4. The zero-order valence-electron chi connectivity index (χ0n) is 83.6. The highest BCUT2D eigenvalue weighted by Crippen LogP contribution is 2.51. The molecule has 16 rings (SSSR count). The van der Waals surface area contributed by atoms with Crippen molar-refractivity contribution in [3.8, 4) is 0 Å². The molecule has 12 fully saturated rings. The Balaban J connectivity index is 0. The van der Waals surface area contributed by atoms with Gasteiger partial charge in [-0.25, -0.2) is 0 Å². The molecule has 12 saturated carbocycles. The van der Waals surface area contributed by atoms with Crippen LogP contribution in [0.1, 0.15) is 546 Å². The third-order valence-corrected chi connectivity index (χ3v) is 37.7. The predicted molar refractivity (Wildman–Crippen MR) is 567 cm³/mol. The largest absolute Gasteiger partial charge is 0.0654 e. The standard InChI is InChI=1S/2C24H38.2C22H34.C16H30.C15H28.12H2/c2*1-3-5-19-7-11-21(12-8-19)23-15-17-24(18-16-23)22-13-9-20(6-4-2)10-14-22;2*1-3-4-18-7-11-20(12-8-18)22-15-13-21(14-16-22)19-9-5-17(2)6-10-19;1-3-4-14-7-11-16(12-8-14)15-9-5-13(2)6-10-15;1-3-13-6-10-15(11-7-13)14-8-4-12(2)5-9-14;;;;;;;;;;;;/h2*7-8,11-12,20,22-24H,3-6,9-10,13-18H2,1-2H3;2*5-6,9-10,18,20-22H,3-4,7-8,11-16H2,1-2H3;13-16H,3-12H2,1-2H3;12-15H,3-11H2,1-2H3;12*1H. The molecule has 718 valence electrons. The second kappa shape index (κ2) is 55.9. The van der Waals surface area contributed by atoms with Gasteiger partial charge in [0.1, 0.15) is 0 Å². The molecular formula is C123H226. The first-order valence-electron chi connectivity index (χ1n) is 56.5. The van der Waals surface area contributed by atoms with Crippen molar-refractivity contribution in [2.24, 2.45) is 118 Å². The molecule has 12 aliphatic rings. The molecule has 0 aromatic heterocycles. The van der Waals surface area contributed by atoms with E-state index in [1.807, 2.05) is 0 Å². The number of rotatable bonds is 25. The van der Waals surface area contributed by atoms with Crippen LogP contribution in [-0.2, 0) is 12.8 Å². The first-order valence-corrected chi connectivity index (χ1v) is 56.5. The lowest BCUT2D eigenvalue weighted by Crippen LogP contribution is -2.25. The van der Waals surface area contributed by atoms with E-state index < -0.39 is 0 Å². The maximum atomic E-state index is 2.44. The molecule has 123 heavy (non-hydrogen) atoms. The van der Waals surface area contributed by atoms with Crippen molar-refractivity contribution in [2.45, 2.75) is 511 Å². The summed E-state index contributed by atoms with van der Waals surface area (Å²) >= 11 is 0. The zero-order chi connectivity index (χ0) is 86.3. The fourth-order valence-electron chi connectivity index (χ4n) is 29.2. The molecule has 0 radical (unpaired) electrons. The highest BCUT2D eigenvalue weighted by Gasteiger charge is 2.38. The molecule has 0 spiro atoms. The second-order valence-electron chi connectivity index (χ2n) is 46.3. The summed E-state index contributed by atoms with van der Waals surface area (Å²) in [4.78, 5) is 0. The predicted octanol–water partition coefficient (Wildman–Crippen LogP) is 42.2. The molecule has 12 aliphatic carbocycles. The summed E-state index contributed by atoms with van der Waals surface area (Å²) in [7, 11) is 0. The topological polar surface area (TPSA) is 0 Å². The Labute approximate surface area is 784 Å². The summed E-state index contributed by atoms with van der Waals surface area (Å²) < 4.78 is 0. The maximum absolute atomic E-state index is 2.44. The average molecular weight is 1710 g/mol. The molecule has 0 bridgehead atoms. The van der Waals surface area contributed by atoms with Gasteiger partial charge in [-0.1, -0.05) is 364 Å². The quantitative estimate of drug-likeness (QED) is 0.0620. The van der Waals surface area contributed by atoms with Crippen molar-refractivity contribution in [3.63, 3.8) is 0 Å². The molecule has 0 saturated heterocycles. The third kappa shape index (κ3) is 33.6. The fourth-order valence-corrected chi connectivity index (χ4v) is 29.2. The van der Waals surface area contributed by atoms with Gasteiger partial charge in [-0.3, -0.25) is 0 Å². The van der Waals surface area contributed by atoms with Crippen LogP contribution in [0.15, 0.2) is 97.1 Å². The molecule has 4 aromatic rings. The van der Waals surface area contributed by atoms with E-state index in [2.05, 4.69) is 180 Å². The monoisotopic (exact) mass is 1700 g/mol. The van der Waals surface area contributed by atoms with Crippen LogP contribution in [0, 0.1) is 132 Å². The lowest BCUT2D eigenvalue weighted by Gasteiger charge is -2.38. The van der Waals surface area contributed by atoms with E-state index in [-0.39, 0.29) is 17.1 Å². The Kier molecular flexibility index (Phi) is 45.7. The highest BCUT2D eigenvalue weighted by molar-refractivity contribution is 5.29. The van der Waals surface area contributed by atoms with Gasteiger partial charge < -0.3 is 0 Å². The minimum atomic E-state index is 0. The Morgan fingerprint density at radius 2 is 0.350 bits per heavy atom. The SMILES string of the molecule is CCC1CCC(C2CCC(C)CC2)CC1.CCCC1CCC(C2CCC(C)CC2)CC1.CCCC1CCC(C2CCC(c3ccc(C)cc3)CC2)CC1.CCCC1CCC(C2CCC(c3ccc(C)cc3)CC2)CC1.CCCc1ccc(C2CCC(C3CCC(CCC)CC3)CC2)cc1.CCCc1ccc(C2CCC(C3CCC(CCC)CC3)CC2)cc1.[HH].[HH].[HH].[HH].[HH].[HH].[HH].[HH].[HH].[HH].[HH].[HH]. The van der Waals surface area contributed by atoms with Crippen molar-refractivity contribution >= 4 is 0 Å². The van der Waals surface area contributed by atoms with E-state index in [0.29, 0.717) is 0 Å². The van der Waals surface area contributed by atoms with E-state index in [1.54, 1.807) is 86.5 Å². The molecule has 0 heteroatoms. The van der Waals surface area contributed by atoms with Gasteiger partial charge in [0.25, 0.3) is 0 Å². The number of hydrogen-bond acceptors (Lipinski definition) is 0. The number of aryl methyl sites for hydroxylation is 4. The average Bonchev–Trinajstić information content (AvgIpc) is 0.824. The number of hydrogen-bond donors (Lipinski definition) is 0. The Hall–Kier alpha value is -3.12. The Morgan fingerprint density at radius 1 is 0.187 bits per heavy atom. The van der Waals surface area contributed by atoms with Gasteiger partial charge in [-0.15, -0.1) is 0 Å². The molecule has 4 aromatic carbocycles. The van der Waals surface area contributed by atoms with Crippen LogP contribution in [0.5, 0.6) is 0 Å². The van der Waals surface area contributed by atoms with Crippen molar-refractivity contribution in [2.75, 3.05) is 0 Å². The van der Waals surface area contributed by atoms with E-state index in [0.717, 1.165) is 142 Å². The van der Waals surface area contributed by atoms with Gasteiger partial charge >= 0.3 is 0 Å². The van der Waals surface area contributed by atoms with Crippen molar-refractivity contribution < 1.29 is 17.1 Å². The van der Waals surface area contributed by atoms with Gasteiger partial charge in [0.05, 0.1) is 0 Å². The van der Waals surface area contributed by atoms with Gasteiger partial charge in [-0.05, 0) is 408 Å². The minimum Gasteiger partial charge on any atom is -0.0654 e. The maximum Gasteiger partial charge on any atom is 0 e. The van der Waals surface area contributed by atoms with Gasteiger partial charge in [-0.2, -0.15) is 0 Å². The van der Waals surface area contributed by atoms with Crippen LogP contribution in [0.2, 0.25) is 0 Å². The summed E-state index contributed by atoms with van der Waals surface area (Å²) in [5.41, 5.74) is 12.2. The second-order valence-corrected chi connectivity index (χ2v) is 46.3. The van der Waals surface area contributed by atoms with Crippen molar-refractivity contribution in [1.82, 2.24) is 0 Å². The molecule has 0 unspecified atom stereocenters. The lowest BCUT2D eigenvalue weighted by atomic mass is 9.68. The molecule has 0 atom stereocenters. The smallest absolute Gasteiger partial charge is 0 e. The molecule has 0 aliphatic heterocycles. The van der Waals surface area contributed by atoms with Crippen LogP contribution < -0.4 is 0 Å². The van der Waals surface area contributed by atoms with E-state index in [4.69, 9.17) is 0 Å². The lowest BCUT2D eigenvalue weighted by molar-refractivity contribution is 0.147. The summed E-state index contributed by atoms with van der Waals surface area (Å²) in [5.74, 6) is 24.7. The van der Waals surface area contributed by atoms with Gasteiger partial charge in [0, 0.05) is 17.1 Å². The van der Waals surface area contributed by atoms with Crippen LogP contribution in [0.25, 0.3) is 0 Å². The fraction of sp³-hybridized carbons (Fsp3) is 0.805. The first kappa shape index (κ1) is 100. The summed E-state index contributed by atoms with van der Waals surface area (Å²) in [6.07, 6.45) is 93.2. The van der Waals surface area contributed by atoms with Crippen molar-refractivity contribution in [1.29, 1.82) is 0 Å². The van der Waals surface area contributed by atoms with Crippen LogP contribution in [-0.4, -0.2) is 0 Å². The third-order valence-electron chi connectivity index (χ3n) is 37.7. The zero-order valence-corrected chi connectivity index (χ0v) is 83.6. The Morgan fingerprint density at radius 3 is 0.520 bits per heavy atom. The van der Waals surface area contributed by atoms with E-state index in [1.165, 1.54) is 363 Å². The minimum absolute atomic E-state index is 0. The molecule has 0 nitrogen and oxygen atoms in total. The molecule has 0 N–H and O–H groups in total. The molecular weight excluding hydrogens is 1480 g/mol.